The molecule has 1 N–H and O–H groups in total. The average Bonchev–Trinajstić information content (AvgIpc) is 2.97. The Labute approximate surface area is 145 Å². The van der Waals surface area contributed by atoms with Gasteiger partial charge in [-0.3, -0.25) is 9.69 Å². The first-order valence-corrected chi connectivity index (χ1v) is 8.78. The number of hydrogen-bond donors (Lipinski definition) is 1. The molecule has 23 heavy (non-hydrogen) atoms. The minimum Gasteiger partial charge on any atom is -0.352 e. The highest BCUT2D eigenvalue weighted by Gasteiger charge is 2.23. The van der Waals surface area contributed by atoms with Crippen molar-refractivity contribution in [3.05, 3.63) is 70.2 Å². The van der Waals surface area contributed by atoms with E-state index in [4.69, 9.17) is 0 Å². The van der Waals surface area contributed by atoms with Crippen LogP contribution in [0.25, 0.3) is 0 Å². The van der Waals surface area contributed by atoms with Gasteiger partial charge in [0.2, 0.25) is 5.91 Å². The molecule has 1 heterocycles. The summed E-state index contributed by atoms with van der Waals surface area (Å²) in [6.07, 6.45) is 1.47. The first-order chi connectivity index (χ1) is 11.2. The molecule has 0 aliphatic carbocycles. The van der Waals surface area contributed by atoms with Gasteiger partial charge in [0, 0.05) is 30.1 Å². The summed E-state index contributed by atoms with van der Waals surface area (Å²) in [5, 5.41) is 3.17. The van der Waals surface area contributed by atoms with Gasteiger partial charge < -0.3 is 5.32 Å². The van der Waals surface area contributed by atoms with E-state index >= 15 is 0 Å². The maximum Gasteiger partial charge on any atom is 0.224 e. The molecule has 1 aliphatic heterocycles. The van der Waals surface area contributed by atoms with Crippen molar-refractivity contribution in [2.75, 3.05) is 13.1 Å². The summed E-state index contributed by atoms with van der Waals surface area (Å²) < 4.78 is 1.04. The third-order valence-corrected chi connectivity index (χ3v) is 4.69. The molecule has 1 aliphatic rings. The summed E-state index contributed by atoms with van der Waals surface area (Å²) >= 11 is 3.41. The number of rotatable bonds is 5. The first kappa shape index (κ1) is 16.2. The van der Waals surface area contributed by atoms with Crippen LogP contribution in [0.3, 0.4) is 0 Å². The van der Waals surface area contributed by atoms with Crippen LogP contribution in [0.4, 0.5) is 0 Å². The number of amides is 1. The molecule has 0 saturated carbocycles. The lowest BCUT2D eigenvalue weighted by atomic mass is 10.1. The number of likely N-dealkylation sites (tertiary alicyclic amines) is 1. The smallest absolute Gasteiger partial charge is 0.224 e. The standard InChI is InChI=1S/C19H21BrN2O/c20-17-8-6-15(7-9-17)12-19(23)21-18-10-11-22(14-18)13-16-4-2-1-3-5-16/h1-9,18H,10-14H2,(H,21,23)/t18-/m1/s1. The van der Waals surface area contributed by atoms with Crippen LogP contribution in [-0.2, 0) is 17.8 Å². The molecule has 2 aromatic rings. The Morgan fingerprint density at radius 3 is 2.57 bits per heavy atom. The van der Waals surface area contributed by atoms with E-state index in [1.165, 1.54) is 5.56 Å². The van der Waals surface area contributed by atoms with Crippen molar-refractivity contribution in [3.8, 4) is 0 Å². The van der Waals surface area contributed by atoms with Crippen molar-refractivity contribution in [3.63, 3.8) is 0 Å². The van der Waals surface area contributed by atoms with E-state index in [1.54, 1.807) is 0 Å². The normalized spacial score (nSPS) is 18.0. The molecule has 4 heteroatoms. The van der Waals surface area contributed by atoms with Gasteiger partial charge in [-0.15, -0.1) is 0 Å². The van der Waals surface area contributed by atoms with Crippen LogP contribution in [0.1, 0.15) is 17.5 Å². The van der Waals surface area contributed by atoms with Crippen LogP contribution >= 0.6 is 15.9 Å². The zero-order valence-corrected chi connectivity index (χ0v) is 14.6. The highest BCUT2D eigenvalue weighted by molar-refractivity contribution is 9.10. The fraction of sp³-hybridized carbons (Fsp3) is 0.316. The van der Waals surface area contributed by atoms with Gasteiger partial charge in [0.25, 0.3) is 0 Å². The average molecular weight is 373 g/mol. The lowest BCUT2D eigenvalue weighted by Crippen LogP contribution is -2.37. The molecule has 3 rings (SSSR count). The quantitative estimate of drug-likeness (QED) is 0.872. The van der Waals surface area contributed by atoms with Gasteiger partial charge >= 0.3 is 0 Å². The predicted octanol–water partition coefficient (Wildman–Crippen LogP) is 3.38. The zero-order chi connectivity index (χ0) is 16.1. The molecule has 1 amide bonds. The van der Waals surface area contributed by atoms with E-state index in [1.807, 2.05) is 30.3 Å². The molecular weight excluding hydrogens is 352 g/mol. The van der Waals surface area contributed by atoms with E-state index in [0.717, 1.165) is 36.1 Å². The largest absolute Gasteiger partial charge is 0.352 e. The monoisotopic (exact) mass is 372 g/mol. The molecule has 0 spiro atoms. The van der Waals surface area contributed by atoms with Crippen LogP contribution in [0.15, 0.2) is 59.1 Å². The van der Waals surface area contributed by atoms with E-state index in [-0.39, 0.29) is 11.9 Å². The Hall–Kier alpha value is -1.65. The Balaban J connectivity index is 1.46. The number of carbonyl (C=O) groups excluding carboxylic acids is 1. The second kappa shape index (κ2) is 7.75. The molecule has 2 aromatic carbocycles. The van der Waals surface area contributed by atoms with Crippen molar-refractivity contribution < 1.29 is 4.79 Å². The summed E-state index contributed by atoms with van der Waals surface area (Å²) in [4.78, 5) is 14.6. The molecule has 0 radical (unpaired) electrons. The Morgan fingerprint density at radius 1 is 1.09 bits per heavy atom. The molecule has 1 atom stereocenters. The predicted molar refractivity (Wildman–Crippen MR) is 96.1 cm³/mol. The van der Waals surface area contributed by atoms with Crippen molar-refractivity contribution in [1.29, 1.82) is 0 Å². The molecule has 1 fully saturated rings. The fourth-order valence-electron chi connectivity index (χ4n) is 3.00. The summed E-state index contributed by atoms with van der Waals surface area (Å²) in [6.45, 7) is 2.93. The van der Waals surface area contributed by atoms with E-state index in [9.17, 15) is 4.79 Å². The zero-order valence-electron chi connectivity index (χ0n) is 13.0. The molecular formula is C19H21BrN2O. The second-order valence-corrected chi connectivity index (χ2v) is 6.99. The van der Waals surface area contributed by atoms with Crippen LogP contribution < -0.4 is 5.32 Å². The van der Waals surface area contributed by atoms with Crippen molar-refractivity contribution >= 4 is 21.8 Å². The summed E-state index contributed by atoms with van der Waals surface area (Å²) in [7, 11) is 0. The van der Waals surface area contributed by atoms with Gasteiger partial charge in [-0.25, -0.2) is 0 Å². The fourth-order valence-corrected chi connectivity index (χ4v) is 3.27. The number of nitrogens with one attached hydrogen (secondary N) is 1. The lowest BCUT2D eigenvalue weighted by molar-refractivity contribution is -0.121. The molecule has 0 bridgehead atoms. The molecule has 0 unspecified atom stereocenters. The number of nitrogens with zero attached hydrogens (tertiary/aromatic N) is 1. The van der Waals surface area contributed by atoms with Crippen molar-refractivity contribution in [1.82, 2.24) is 10.2 Å². The third-order valence-electron chi connectivity index (χ3n) is 4.16. The van der Waals surface area contributed by atoms with Gasteiger partial charge in [-0.1, -0.05) is 58.4 Å². The second-order valence-electron chi connectivity index (χ2n) is 6.08. The minimum absolute atomic E-state index is 0.110. The van der Waals surface area contributed by atoms with Crippen molar-refractivity contribution in [2.24, 2.45) is 0 Å². The molecule has 0 aromatic heterocycles. The summed E-state index contributed by atoms with van der Waals surface area (Å²) in [6, 6.07) is 18.7. The summed E-state index contributed by atoms with van der Waals surface area (Å²) in [5.74, 6) is 0.110. The SMILES string of the molecule is O=C(Cc1ccc(Br)cc1)N[C@@H]1CCN(Cc2ccccc2)C1. The Kier molecular flexibility index (Phi) is 5.47. The van der Waals surface area contributed by atoms with Gasteiger partial charge in [-0.2, -0.15) is 0 Å². The van der Waals surface area contributed by atoms with Crippen LogP contribution in [0, 0.1) is 0 Å². The number of benzene rings is 2. The van der Waals surface area contributed by atoms with Gasteiger partial charge in [0.1, 0.15) is 0 Å². The number of halogens is 1. The highest BCUT2D eigenvalue weighted by Crippen LogP contribution is 2.14. The van der Waals surface area contributed by atoms with E-state index in [2.05, 4.69) is 50.4 Å². The minimum atomic E-state index is 0.110. The Bertz CT molecular complexity index is 642. The highest BCUT2D eigenvalue weighted by atomic mass is 79.9. The van der Waals surface area contributed by atoms with Crippen LogP contribution in [0.5, 0.6) is 0 Å². The molecule has 1 saturated heterocycles. The van der Waals surface area contributed by atoms with Gasteiger partial charge in [-0.05, 0) is 29.7 Å². The number of hydrogen-bond acceptors (Lipinski definition) is 2. The first-order valence-electron chi connectivity index (χ1n) is 7.99. The Morgan fingerprint density at radius 2 is 1.83 bits per heavy atom. The van der Waals surface area contributed by atoms with Crippen LogP contribution in [-0.4, -0.2) is 29.9 Å². The van der Waals surface area contributed by atoms with Gasteiger partial charge in [0.05, 0.1) is 6.42 Å². The molecule has 120 valence electrons. The maximum atomic E-state index is 12.2. The topological polar surface area (TPSA) is 32.3 Å². The third kappa shape index (κ3) is 4.91. The van der Waals surface area contributed by atoms with Gasteiger partial charge in [0.15, 0.2) is 0 Å². The van der Waals surface area contributed by atoms with E-state index < -0.39 is 0 Å². The maximum absolute atomic E-state index is 12.2. The summed E-state index contributed by atoms with van der Waals surface area (Å²) in [5.41, 5.74) is 2.37. The number of carbonyl (C=O) groups is 1. The molecule has 3 nitrogen and oxygen atoms in total. The van der Waals surface area contributed by atoms with Crippen molar-refractivity contribution in [2.45, 2.75) is 25.4 Å². The van der Waals surface area contributed by atoms with Crippen LogP contribution in [0.2, 0.25) is 0 Å². The lowest BCUT2D eigenvalue weighted by Gasteiger charge is -2.17. The van der Waals surface area contributed by atoms with E-state index in [0.29, 0.717) is 6.42 Å².